The molecule has 160 valence electrons. The van der Waals surface area contributed by atoms with Crippen LogP contribution in [0.5, 0.6) is 5.75 Å². The summed E-state index contributed by atoms with van der Waals surface area (Å²) in [6.45, 7) is 1.30. The summed E-state index contributed by atoms with van der Waals surface area (Å²) in [4.78, 5) is 49.8. The van der Waals surface area contributed by atoms with Crippen molar-refractivity contribution in [3.63, 3.8) is 0 Å². The number of amides is 2. The van der Waals surface area contributed by atoms with E-state index in [9.17, 15) is 19.2 Å². The number of hydrogen-bond acceptors (Lipinski definition) is 7. The van der Waals surface area contributed by atoms with Crippen LogP contribution in [0, 0.1) is 0 Å². The van der Waals surface area contributed by atoms with Crippen molar-refractivity contribution >= 4 is 64.1 Å². The second-order valence-electron chi connectivity index (χ2n) is 6.12. The van der Waals surface area contributed by atoms with Crippen LogP contribution in [0.4, 0.5) is 4.79 Å². The third kappa shape index (κ3) is 5.46. The number of imide groups is 1. The molecule has 0 radical (unpaired) electrons. The van der Waals surface area contributed by atoms with Gasteiger partial charge in [-0.3, -0.25) is 19.3 Å². The van der Waals surface area contributed by atoms with Gasteiger partial charge in [-0.05, 0) is 49.0 Å². The number of hydrogen-bond donors (Lipinski definition) is 0. The average Bonchev–Trinajstić information content (AvgIpc) is 2.97. The predicted octanol–water partition coefficient (Wildman–Crippen LogP) is 4.81. The fourth-order valence-electron chi connectivity index (χ4n) is 2.62. The van der Waals surface area contributed by atoms with E-state index in [0.29, 0.717) is 22.3 Å². The molecule has 31 heavy (non-hydrogen) atoms. The van der Waals surface area contributed by atoms with Gasteiger partial charge in [-0.2, -0.15) is 0 Å². The third-order valence-corrected chi connectivity index (χ3v) is 5.48. The van der Waals surface area contributed by atoms with Crippen LogP contribution < -0.4 is 4.74 Å². The summed E-state index contributed by atoms with van der Waals surface area (Å²) in [7, 11) is 0. The fourth-order valence-corrected chi connectivity index (χ4v) is 3.93. The minimum absolute atomic E-state index is 0.0855. The number of halogens is 2. The summed E-state index contributed by atoms with van der Waals surface area (Å²) < 4.78 is 10.2. The summed E-state index contributed by atoms with van der Waals surface area (Å²) in [5.74, 6) is -1.86. The Kier molecular flexibility index (Phi) is 7.37. The lowest BCUT2D eigenvalue weighted by molar-refractivity contribution is -0.145. The summed E-state index contributed by atoms with van der Waals surface area (Å²) in [6.07, 6.45) is 1.42. The molecule has 0 bridgehead atoms. The Morgan fingerprint density at radius 1 is 1.13 bits per heavy atom. The van der Waals surface area contributed by atoms with Crippen molar-refractivity contribution in [2.24, 2.45) is 0 Å². The normalized spacial score (nSPS) is 14.8. The molecule has 2 aromatic rings. The first-order valence-electron chi connectivity index (χ1n) is 8.97. The van der Waals surface area contributed by atoms with Gasteiger partial charge < -0.3 is 9.47 Å². The van der Waals surface area contributed by atoms with Crippen molar-refractivity contribution in [1.29, 1.82) is 0 Å². The molecule has 1 aliphatic heterocycles. The molecule has 10 heteroatoms. The summed E-state index contributed by atoms with van der Waals surface area (Å²) in [5.41, 5.74) is 0.512. The van der Waals surface area contributed by atoms with Crippen LogP contribution in [-0.2, 0) is 14.3 Å². The number of carbonyl (C=O) groups is 4. The first-order chi connectivity index (χ1) is 14.8. The topological polar surface area (TPSA) is 90.0 Å². The highest BCUT2D eigenvalue weighted by molar-refractivity contribution is 8.18. The molecule has 7 nitrogen and oxygen atoms in total. The Morgan fingerprint density at radius 2 is 1.87 bits per heavy atom. The van der Waals surface area contributed by atoms with Crippen molar-refractivity contribution in [2.45, 2.75) is 6.92 Å². The van der Waals surface area contributed by atoms with Crippen molar-refractivity contribution in [1.82, 2.24) is 4.90 Å². The Labute approximate surface area is 191 Å². The van der Waals surface area contributed by atoms with E-state index >= 15 is 0 Å². The van der Waals surface area contributed by atoms with Crippen LogP contribution in [0.25, 0.3) is 6.08 Å². The van der Waals surface area contributed by atoms with Gasteiger partial charge in [-0.15, -0.1) is 0 Å². The zero-order valence-corrected chi connectivity index (χ0v) is 18.4. The Balaban J connectivity index is 1.82. The molecule has 2 aromatic carbocycles. The zero-order chi connectivity index (χ0) is 22.5. The molecule has 1 saturated heterocycles. The second-order valence-corrected chi connectivity index (χ2v) is 7.96. The Bertz CT molecular complexity index is 1100. The van der Waals surface area contributed by atoms with E-state index < -0.39 is 29.6 Å². The minimum Gasteiger partial charge on any atom is -0.465 e. The highest BCUT2D eigenvalue weighted by Gasteiger charge is 2.36. The number of rotatable bonds is 6. The van der Waals surface area contributed by atoms with E-state index in [0.717, 1.165) is 4.90 Å². The summed E-state index contributed by atoms with van der Waals surface area (Å²) in [6, 6.07) is 10.9. The van der Waals surface area contributed by atoms with Crippen LogP contribution in [-0.4, -0.2) is 41.1 Å². The fraction of sp³-hybridized carbons (Fsp3) is 0.143. The minimum atomic E-state index is -0.710. The van der Waals surface area contributed by atoms with Crippen LogP contribution in [0.15, 0.2) is 47.4 Å². The molecule has 0 N–H and O–H groups in total. The Morgan fingerprint density at radius 3 is 2.58 bits per heavy atom. The molecular formula is C21H15Cl2NO6S. The van der Waals surface area contributed by atoms with Crippen LogP contribution in [0.3, 0.4) is 0 Å². The van der Waals surface area contributed by atoms with E-state index in [1.807, 2.05) is 0 Å². The van der Waals surface area contributed by atoms with Crippen molar-refractivity contribution in [3.05, 3.63) is 68.5 Å². The maximum atomic E-state index is 12.6. The lowest BCUT2D eigenvalue weighted by atomic mass is 10.1. The lowest BCUT2D eigenvalue weighted by Crippen LogP contribution is -2.34. The maximum Gasteiger partial charge on any atom is 0.345 e. The summed E-state index contributed by atoms with van der Waals surface area (Å²) in [5, 5.41) is -0.0812. The largest absolute Gasteiger partial charge is 0.465 e. The van der Waals surface area contributed by atoms with E-state index in [1.165, 1.54) is 30.3 Å². The van der Waals surface area contributed by atoms with Gasteiger partial charge in [0.25, 0.3) is 11.1 Å². The third-order valence-electron chi connectivity index (χ3n) is 4.03. The van der Waals surface area contributed by atoms with Crippen LogP contribution in [0.1, 0.15) is 22.8 Å². The first-order valence-corrected chi connectivity index (χ1v) is 10.5. The monoisotopic (exact) mass is 479 g/mol. The molecular weight excluding hydrogens is 465 g/mol. The van der Waals surface area contributed by atoms with Crippen molar-refractivity contribution in [2.75, 3.05) is 13.2 Å². The maximum absolute atomic E-state index is 12.6. The molecule has 2 amide bonds. The number of ether oxygens (including phenoxy) is 2. The molecule has 0 saturated carbocycles. The number of thioether (sulfide) groups is 1. The van der Waals surface area contributed by atoms with E-state index in [-0.39, 0.29) is 27.8 Å². The number of carbonyl (C=O) groups excluding carboxylic acids is 4. The smallest absolute Gasteiger partial charge is 0.345 e. The number of para-hydroxylation sites is 1. The van der Waals surface area contributed by atoms with Crippen LogP contribution in [0.2, 0.25) is 10.0 Å². The number of nitrogens with zero attached hydrogens (tertiary/aromatic N) is 1. The van der Waals surface area contributed by atoms with Gasteiger partial charge in [0.2, 0.25) is 0 Å². The van der Waals surface area contributed by atoms with Crippen molar-refractivity contribution < 1.29 is 28.7 Å². The van der Waals surface area contributed by atoms with Gasteiger partial charge in [-0.1, -0.05) is 41.4 Å². The molecule has 0 unspecified atom stereocenters. The van der Waals surface area contributed by atoms with Gasteiger partial charge >= 0.3 is 11.9 Å². The highest BCUT2D eigenvalue weighted by atomic mass is 35.5. The number of benzene rings is 2. The molecule has 1 aliphatic rings. The quantitative estimate of drug-likeness (QED) is 0.333. The molecule has 3 rings (SSSR count). The lowest BCUT2D eigenvalue weighted by Gasteiger charge is -2.11. The molecule has 0 atom stereocenters. The highest BCUT2D eigenvalue weighted by Crippen LogP contribution is 2.34. The van der Waals surface area contributed by atoms with Gasteiger partial charge in [-0.25, -0.2) is 4.79 Å². The average molecular weight is 480 g/mol. The summed E-state index contributed by atoms with van der Waals surface area (Å²) >= 11 is 12.6. The second kappa shape index (κ2) is 10.00. The van der Waals surface area contributed by atoms with Gasteiger partial charge in [0.15, 0.2) is 0 Å². The zero-order valence-electron chi connectivity index (χ0n) is 16.1. The molecule has 0 spiro atoms. The van der Waals surface area contributed by atoms with E-state index in [1.54, 1.807) is 25.1 Å². The number of esters is 2. The molecule has 0 aliphatic carbocycles. The predicted molar refractivity (Wildman–Crippen MR) is 117 cm³/mol. The van der Waals surface area contributed by atoms with Gasteiger partial charge in [0.05, 0.1) is 22.1 Å². The molecule has 0 aromatic heterocycles. The van der Waals surface area contributed by atoms with Crippen molar-refractivity contribution in [3.8, 4) is 5.75 Å². The standard InChI is InChI=1S/C21H15Cl2NO6S/c1-2-29-18(25)11-24-19(26)17(31-21(24)28)9-12-5-3-4-6-16(12)30-20(27)14-8-7-13(22)10-15(14)23/h3-10H,2,11H2,1H3/b17-9-. The molecule has 1 fully saturated rings. The first kappa shape index (κ1) is 22.9. The van der Waals surface area contributed by atoms with E-state index in [2.05, 4.69) is 0 Å². The molecule has 1 heterocycles. The van der Waals surface area contributed by atoms with Gasteiger partial charge in [0, 0.05) is 10.6 Å². The Hall–Kier alpha value is -2.81. The van der Waals surface area contributed by atoms with Crippen LogP contribution >= 0.6 is 35.0 Å². The van der Waals surface area contributed by atoms with E-state index in [4.69, 9.17) is 32.7 Å². The SMILES string of the molecule is CCOC(=O)CN1C(=O)S/C(=C\c2ccccc2OC(=O)c2ccc(Cl)cc2Cl)C1=O. The van der Waals surface area contributed by atoms with Gasteiger partial charge in [0.1, 0.15) is 12.3 Å².